The molecule has 2 aromatic carbocycles. The van der Waals surface area contributed by atoms with Crippen molar-refractivity contribution in [3.8, 4) is 0 Å². The Morgan fingerprint density at radius 2 is 1.57 bits per heavy atom. The van der Waals surface area contributed by atoms with E-state index in [-0.39, 0.29) is 11.3 Å². The molecule has 2 rings (SSSR count). The van der Waals surface area contributed by atoms with Crippen molar-refractivity contribution in [1.29, 1.82) is 0 Å². The normalized spacial score (nSPS) is 11.1. The Morgan fingerprint density at radius 1 is 0.964 bits per heavy atom. The third kappa shape index (κ3) is 7.52. The monoisotopic (exact) mass is 403 g/mol. The van der Waals surface area contributed by atoms with Gasteiger partial charge in [0, 0.05) is 11.9 Å². The van der Waals surface area contributed by atoms with E-state index in [9.17, 15) is 18.0 Å². The molecule has 0 aliphatic heterocycles. The summed E-state index contributed by atoms with van der Waals surface area (Å²) in [7, 11) is -3.14. The minimum absolute atomic E-state index is 0.0953. The second-order valence-electron chi connectivity index (χ2n) is 6.69. The van der Waals surface area contributed by atoms with Crippen LogP contribution >= 0.6 is 0 Å². The highest BCUT2D eigenvalue weighted by molar-refractivity contribution is 7.89. The largest absolute Gasteiger partial charge is 0.452 e. The Balaban J connectivity index is 1.82. The molecule has 0 heterocycles. The predicted octanol–water partition coefficient (Wildman–Crippen LogP) is 3.37. The fourth-order valence-corrected chi connectivity index (χ4v) is 3.38. The summed E-state index contributed by atoms with van der Waals surface area (Å²) in [6.07, 6.45) is 4.40. The molecule has 0 radical (unpaired) electrons. The van der Waals surface area contributed by atoms with Crippen LogP contribution in [0.1, 0.15) is 41.3 Å². The zero-order valence-corrected chi connectivity index (χ0v) is 16.9. The molecule has 0 unspecified atom stereocenters. The molecule has 0 saturated carbocycles. The lowest BCUT2D eigenvalue weighted by molar-refractivity contribution is -0.119. The van der Waals surface area contributed by atoms with Gasteiger partial charge in [-0.3, -0.25) is 4.79 Å². The standard InChI is InChI=1S/C21H25NO5S/c1-3-4-5-16-8-12-19(13-9-16)22-20(23)14-27-21(24)18-10-6-17(7-11-18)15-28(2,25)26/h6-13H,3-5,14-15H2,1-2H3,(H,22,23). The highest BCUT2D eigenvalue weighted by atomic mass is 32.2. The second-order valence-corrected chi connectivity index (χ2v) is 8.83. The van der Waals surface area contributed by atoms with Crippen molar-refractivity contribution in [2.24, 2.45) is 0 Å². The molecule has 7 heteroatoms. The van der Waals surface area contributed by atoms with E-state index >= 15 is 0 Å². The van der Waals surface area contributed by atoms with Crippen molar-refractivity contribution in [2.75, 3.05) is 18.2 Å². The van der Waals surface area contributed by atoms with Gasteiger partial charge in [-0.15, -0.1) is 0 Å². The summed E-state index contributed by atoms with van der Waals surface area (Å²) < 4.78 is 27.6. The number of amides is 1. The van der Waals surface area contributed by atoms with Crippen LogP contribution in [0.25, 0.3) is 0 Å². The zero-order valence-electron chi connectivity index (χ0n) is 16.1. The minimum atomic E-state index is -3.14. The number of sulfone groups is 1. The number of carbonyl (C=O) groups is 2. The van der Waals surface area contributed by atoms with Gasteiger partial charge in [0.15, 0.2) is 16.4 Å². The Morgan fingerprint density at radius 3 is 2.14 bits per heavy atom. The summed E-state index contributed by atoms with van der Waals surface area (Å²) in [6, 6.07) is 13.7. The molecule has 0 saturated heterocycles. The zero-order chi connectivity index (χ0) is 20.6. The van der Waals surface area contributed by atoms with Crippen LogP contribution in [0.3, 0.4) is 0 Å². The van der Waals surface area contributed by atoms with E-state index in [2.05, 4.69) is 12.2 Å². The summed E-state index contributed by atoms with van der Waals surface area (Å²) in [5.74, 6) is -1.17. The maximum absolute atomic E-state index is 12.0. The summed E-state index contributed by atoms with van der Waals surface area (Å²) in [4.78, 5) is 24.0. The maximum atomic E-state index is 12.0. The number of aryl methyl sites for hydroxylation is 1. The predicted molar refractivity (Wildman–Crippen MR) is 109 cm³/mol. The fourth-order valence-electron chi connectivity index (χ4n) is 2.59. The number of rotatable bonds is 9. The molecular formula is C21H25NO5S. The van der Waals surface area contributed by atoms with Crippen molar-refractivity contribution in [1.82, 2.24) is 0 Å². The number of unbranched alkanes of at least 4 members (excludes halogenated alkanes) is 1. The van der Waals surface area contributed by atoms with E-state index in [0.29, 0.717) is 11.3 Å². The van der Waals surface area contributed by atoms with Crippen molar-refractivity contribution in [3.05, 3.63) is 65.2 Å². The van der Waals surface area contributed by atoms with Crippen molar-refractivity contribution in [2.45, 2.75) is 31.9 Å². The van der Waals surface area contributed by atoms with E-state index < -0.39 is 28.3 Å². The summed E-state index contributed by atoms with van der Waals surface area (Å²) >= 11 is 0. The number of hydrogen-bond donors (Lipinski definition) is 1. The summed E-state index contributed by atoms with van der Waals surface area (Å²) in [6.45, 7) is 1.74. The second kappa shape index (κ2) is 10.0. The molecule has 0 aromatic heterocycles. The van der Waals surface area contributed by atoms with Gasteiger partial charge in [-0.1, -0.05) is 37.6 Å². The Bertz CT molecular complexity index is 903. The molecule has 0 bridgehead atoms. The molecule has 2 aromatic rings. The van der Waals surface area contributed by atoms with Crippen LogP contribution in [0.15, 0.2) is 48.5 Å². The van der Waals surface area contributed by atoms with Crippen LogP contribution in [-0.4, -0.2) is 33.2 Å². The quantitative estimate of drug-likeness (QED) is 0.649. The molecule has 150 valence electrons. The molecule has 0 fully saturated rings. The molecule has 1 N–H and O–H groups in total. The van der Waals surface area contributed by atoms with Gasteiger partial charge in [-0.05, 0) is 48.2 Å². The van der Waals surface area contributed by atoms with Crippen LogP contribution in [0.2, 0.25) is 0 Å². The van der Waals surface area contributed by atoms with Crippen molar-refractivity contribution < 1.29 is 22.7 Å². The van der Waals surface area contributed by atoms with Gasteiger partial charge >= 0.3 is 5.97 Å². The average molecular weight is 404 g/mol. The first-order valence-corrected chi connectivity index (χ1v) is 11.2. The Hall–Kier alpha value is -2.67. The lowest BCUT2D eigenvalue weighted by Crippen LogP contribution is -2.20. The van der Waals surface area contributed by atoms with Gasteiger partial charge in [0.1, 0.15) is 0 Å². The Kier molecular flexibility index (Phi) is 7.75. The van der Waals surface area contributed by atoms with E-state index in [1.165, 1.54) is 17.7 Å². The van der Waals surface area contributed by atoms with Gasteiger partial charge in [-0.2, -0.15) is 0 Å². The van der Waals surface area contributed by atoms with Gasteiger partial charge in [0.2, 0.25) is 0 Å². The van der Waals surface area contributed by atoms with Crippen LogP contribution in [-0.2, 0) is 31.5 Å². The fraction of sp³-hybridized carbons (Fsp3) is 0.333. The maximum Gasteiger partial charge on any atom is 0.338 e. The number of esters is 1. The minimum Gasteiger partial charge on any atom is -0.452 e. The van der Waals surface area contributed by atoms with Crippen molar-refractivity contribution in [3.63, 3.8) is 0 Å². The van der Waals surface area contributed by atoms with Crippen LogP contribution in [0.5, 0.6) is 0 Å². The SMILES string of the molecule is CCCCc1ccc(NC(=O)COC(=O)c2ccc(CS(C)(=O)=O)cc2)cc1. The lowest BCUT2D eigenvalue weighted by atomic mass is 10.1. The Labute approximate surface area is 165 Å². The number of benzene rings is 2. The summed E-state index contributed by atoms with van der Waals surface area (Å²) in [5.41, 5.74) is 2.70. The van der Waals surface area contributed by atoms with E-state index in [1.54, 1.807) is 12.1 Å². The first-order valence-electron chi connectivity index (χ1n) is 9.09. The van der Waals surface area contributed by atoms with Crippen LogP contribution in [0.4, 0.5) is 5.69 Å². The third-order valence-corrected chi connectivity index (χ3v) is 4.87. The smallest absolute Gasteiger partial charge is 0.338 e. The molecule has 1 amide bonds. The van der Waals surface area contributed by atoms with Gasteiger partial charge in [-0.25, -0.2) is 13.2 Å². The van der Waals surface area contributed by atoms with Crippen molar-refractivity contribution >= 4 is 27.4 Å². The highest BCUT2D eigenvalue weighted by Gasteiger charge is 2.11. The first-order chi connectivity index (χ1) is 13.3. The number of hydrogen-bond acceptors (Lipinski definition) is 5. The number of carbonyl (C=O) groups excluding carboxylic acids is 2. The summed E-state index contributed by atoms with van der Waals surface area (Å²) in [5, 5.41) is 2.68. The van der Waals surface area contributed by atoms with Crippen LogP contribution < -0.4 is 5.32 Å². The number of nitrogens with one attached hydrogen (secondary N) is 1. The van der Waals surface area contributed by atoms with Gasteiger partial charge in [0.05, 0.1) is 11.3 Å². The third-order valence-electron chi connectivity index (χ3n) is 4.01. The molecule has 0 aliphatic rings. The highest BCUT2D eigenvalue weighted by Crippen LogP contribution is 2.12. The lowest BCUT2D eigenvalue weighted by Gasteiger charge is -2.08. The molecule has 0 aliphatic carbocycles. The van der Waals surface area contributed by atoms with E-state index in [1.807, 2.05) is 24.3 Å². The van der Waals surface area contributed by atoms with Gasteiger partial charge < -0.3 is 10.1 Å². The molecule has 28 heavy (non-hydrogen) atoms. The topological polar surface area (TPSA) is 89.5 Å². The molecule has 0 atom stereocenters. The van der Waals surface area contributed by atoms with E-state index in [4.69, 9.17) is 4.74 Å². The first kappa shape index (κ1) is 21.6. The van der Waals surface area contributed by atoms with Crippen LogP contribution in [0, 0.1) is 0 Å². The molecule has 0 spiro atoms. The number of ether oxygens (including phenoxy) is 1. The average Bonchev–Trinajstić information content (AvgIpc) is 2.65. The number of anilines is 1. The van der Waals surface area contributed by atoms with Gasteiger partial charge in [0.25, 0.3) is 5.91 Å². The molecular weight excluding hydrogens is 378 g/mol. The van der Waals surface area contributed by atoms with E-state index in [0.717, 1.165) is 25.5 Å². The molecule has 6 nitrogen and oxygen atoms in total.